The van der Waals surface area contributed by atoms with Gasteiger partial charge in [-0.15, -0.1) is 0 Å². The summed E-state index contributed by atoms with van der Waals surface area (Å²) in [6.45, 7) is 1.64. The highest BCUT2D eigenvalue weighted by Gasteiger charge is 2.32. The van der Waals surface area contributed by atoms with Gasteiger partial charge in [-0.25, -0.2) is 8.42 Å². The Labute approximate surface area is 247 Å². The van der Waals surface area contributed by atoms with Crippen LogP contribution in [0.3, 0.4) is 0 Å². The summed E-state index contributed by atoms with van der Waals surface area (Å²) in [6, 6.07) is 34.3. The molecule has 6 heterocycles. The average Bonchev–Trinajstić information content (AvgIpc) is 3.50. The van der Waals surface area contributed by atoms with Gasteiger partial charge in [-0.05, 0) is 53.6 Å². The molecule has 4 aliphatic heterocycles. The van der Waals surface area contributed by atoms with E-state index in [0.29, 0.717) is 0 Å². The Morgan fingerprint density at radius 3 is 1.58 bits per heavy atom. The van der Waals surface area contributed by atoms with Gasteiger partial charge in [0.25, 0.3) is 15.7 Å². The van der Waals surface area contributed by atoms with Crippen LogP contribution in [0.5, 0.6) is 0 Å². The summed E-state index contributed by atoms with van der Waals surface area (Å²) in [5, 5.41) is 16.2. The Bertz CT molecular complexity index is 2250. The van der Waals surface area contributed by atoms with E-state index in [2.05, 4.69) is 57.7 Å². The van der Waals surface area contributed by atoms with Crippen LogP contribution in [0.25, 0.3) is 43.6 Å². The van der Waals surface area contributed by atoms with E-state index in [4.69, 9.17) is 0 Å². The molecule has 11 rings (SSSR count). The molecule has 0 fully saturated rings. The van der Waals surface area contributed by atoms with E-state index >= 15 is 0 Å². The van der Waals surface area contributed by atoms with Crippen molar-refractivity contribution < 1.29 is 13.3 Å². The van der Waals surface area contributed by atoms with Crippen molar-refractivity contribution in [1.82, 2.24) is 13.4 Å². The molecule has 0 radical (unpaired) electrons. The molecule has 0 unspecified atom stereocenters. The van der Waals surface area contributed by atoms with E-state index in [9.17, 15) is 18.5 Å². The maximum absolute atomic E-state index is 14.2. The smallest absolute Gasteiger partial charge is 0.289 e. The zero-order chi connectivity index (χ0) is 29.3. The number of benzene rings is 5. The third-order valence-electron chi connectivity index (χ3n) is 8.62. The number of hydrogen-bond acceptors (Lipinski definition) is 4. The van der Waals surface area contributed by atoms with E-state index in [1.165, 1.54) is 28.6 Å². The minimum atomic E-state index is -4.26. The molecule has 9 heteroatoms. The van der Waals surface area contributed by atoms with E-state index in [1.54, 1.807) is 0 Å². The number of nitrogens with zero attached hydrogens (tertiary/aromatic N) is 4. The van der Waals surface area contributed by atoms with Gasteiger partial charge in [0.2, 0.25) is 0 Å². The van der Waals surface area contributed by atoms with Crippen LogP contribution in [0.2, 0.25) is 0 Å². The summed E-state index contributed by atoms with van der Waals surface area (Å²) in [4.78, 5) is 10.9. The molecule has 7 aromatic rings. The van der Waals surface area contributed by atoms with E-state index in [0.717, 1.165) is 67.8 Å². The minimum Gasteiger partial charge on any atom is -0.339 e. The average molecular weight is 587 g/mol. The van der Waals surface area contributed by atoms with Crippen LogP contribution in [0.1, 0.15) is 11.1 Å². The van der Waals surface area contributed by atoms with Gasteiger partial charge in [0.05, 0.1) is 4.92 Å². The molecule has 2 aromatic heterocycles. The molecule has 0 spiro atoms. The molecular formula is C34H26N4O4S. The summed E-state index contributed by atoms with van der Waals surface area (Å²) < 4.78 is 34.5. The van der Waals surface area contributed by atoms with Crippen LogP contribution >= 0.6 is 0 Å². The highest BCUT2D eigenvalue weighted by molar-refractivity contribution is 7.89. The Kier molecular flexibility index (Phi) is 5.69. The first-order chi connectivity index (χ1) is 20.9. The second kappa shape index (κ2) is 9.52. The van der Waals surface area contributed by atoms with Gasteiger partial charge in [-0.1, -0.05) is 60.7 Å². The molecule has 8 nitrogen and oxygen atoms in total. The number of hydrogen-bond donors (Lipinski definition) is 0. The molecule has 8 bridgehead atoms. The number of fused-ring (bicyclic) bond motifs is 2. The molecule has 0 aliphatic carbocycles. The van der Waals surface area contributed by atoms with Crippen molar-refractivity contribution >= 4 is 59.3 Å². The van der Waals surface area contributed by atoms with Crippen LogP contribution < -0.4 is 0 Å². The highest BCUT2D eigenvalue weighted by atomic mass is 32.2. The number of para-hydroxylation sites is 3. The van der Waals surface area contributed by atoms with Crippen LogP contribution in [0.4, 0.5) is 5.69 Å². The quantitative estimate of drug-likeness (QED) is 0.162. The van der Waals surface area contributed by atoms with Gasteiger partial charge in [-0.3, -0.25) is 10.1 Å². The normalized spacial score (nSPS) is 14.4. The number of rotatable bonds is 3. The fourth-order valence-corrected chi connectivity index (χ4v) is 8.25. The van der Waals surface area contributed by atoms with Crippen molar-refractivity contribution in [1.29, 1.82) is 0 Å². The predicted molar refractivity (Wildman–Crippen MR) is 168 cm³/mol. The number of aryl methyl sites for hydroxylation is 2. The third kappa shape index (κ3) is 3.96. The molecule has 0 amide bonds. The van der Waals surface area contributed by atoms with Crippen molar-refractivity contribution in [2.75, 3.05) is 0 Å². The van der Waals surface area contributed by atoms with Gasteiger partial charge >= 0.3 is 0 Å². The predicted octanol–water partition coefficient (Wildman–Crippen LogP) is 7.22. The summed E-state index contributed by atoms with van der Waals surface area (Å²) in [5.41, 5.74) is 5.58. The van der Waals surface area contributed by atoms with Crippen LogP contribution in [0.15, 0.2) is 114 Å². The Morgan fingerprint density at radius 1 is 0.581 bits per heavy atom. The second-order valence-electron chi connectivity index (χ2n) is 11.0. The SMILES string of the molecule is O=[N+]([O-])c1ccccc1S(=O)(=O)N1Cc2ccc3c(c2)c2ccccc2n3CCn2c3ccccc3c3cc(ccc32)C1. The van der Waals surface area contributed by atoms with Gasteiger partial charge < -0.3 is 9.13 Å². The van der Waals surface area contributed by atoms with E-state index in [-0.39, 0.29) is 18.0 Å². The number of sulfonamides is 1. The zero-order valence-electron chi connectivity index (χ0n) is 23.1. The lowest BCUT2D eigenvalue weighted by atomic mass is 10.1. The molecule has 43 heavy (non-hydrogen) atoms. The fourth-order valence-electron chi connectivity index (χ4n) is 6.68. The first-order valence-electron chi connectivity index (χ1n) is 14.1. The topological polar surface area (TPSA) is 90.4 Å². The Hall–Kier alpha value is -4.99. The first kappa shape index (κ1) is 25.7. The van der Waals surface area contributed by atoms with Gasteiger partial charge in [0.1, 0.15) is 0 Å². The van der Waals surface area contributed by atoms with Crippen molar-refractivity contribution in [2.45, 2.75) is 31.1 Å². The van der Waals surface area contributed by atoms with Crippen molar-refractivity contribution in [3.8, 4) is 0 Å². The monoisotopic (exact) mass is 586 g/mol. The van der Waals surface area contributed by atoms with E-state index in [1.807, 2.05) is 36.4 Å². The lowest BCUT2D eigenvalue weighted by Crippen LogP contribution is -2.30. The maximum Gasteiger partial charge on any atom is 0.289 e. The number of aromatic nitrogens is 2. The fraction of sp³-hybridized carbons (Fsp3) is 0.118. The molecule has 4 aliphatic rings. The zero-order valence-corrected chi connectivity index (χ0v) is 23.9. The Morgan fingerprint density at radius 2 is 1.05 bits per heavy atom. The largest absolute Gasteiger partial charge is 0.339 e. The number of nitro groups is 1. The first-order valence-corrected chi connectivity index (χ1v) is 15.6. The summed E-state index contributed by atoms with van der Waals surface area (Å²) in [7, 11) is -4.26. The van der Waals surface area contributed by atoms with Gasteiger partial charge in [0, 0.05) is 75.9 Å². The molecule has 5 aromatic carbocycles. The lowest BCUT2D eigenvalue weighted by molar-refractivity contribution is -0.387. The number of nitro benzene ring substituents is 1. The molecule has 0 N–H and O–H groups in total. The summed E-state index contributed by atoms with van der Waals surface area (Å²) in [5.74, 6) is 0. The summed E-state index contributed by atoms with van der Waals surface area (Å²) >= 11 is 0. The van der Waals surface area contributed by atoms with Gasteiger partial charge in [-0.2, -0.15) is 4.31 Å². The van der Waals surface area contributed by atoms with Crippen LogP contribution in [0, 0.1) is 10.1 Å². The molecule has 0 saturated heterocycles. The third-order valence-corrected chi connectivity index (χ3v) is 10.5. The molecule has 0 atom stereocenters. The molecule has 212 valence electrons. The highest BCUT2D eigenvalue weighted by Crippen LogP contribution is 2.35. The standard InChI is InChI=1S/C34H26N4O4S/c39-38(40)33-11-5-6-12-34(33)43(41,42)35-21-23-13-15-31-27(19-23)25-7-1-3-9-29(25)36(31)17-18-37-30-10-4-2-8-26(30)28-20-24(22-35)14-16-32(28)37/h1-16,19-20H,17-18,21-22H2. The summed E-state index contributed by atoms with van der Waals surface area (Å²) in [6.07, 6.45) is 0. The molecular weight excluding hydrogens is 560 g/mol. The van der Waals surface area contributed by atoms with Crippen molar-refractivity contribution in [3.63, 3.8) is 0 Å². The maximum atomic E-state index is 14.2. The second-order valence-corrected chi connectivity index (χ2v) is 12.9. The van der Waals surface area contributed by atoms with E-state index < -0.39 is 20.6 Å². The van der Waals surface area contributed by atoms with Crippen LogP contribution in [-0.2, 0) is 36.2 Å². The van der Waals surface area contributed by atoms with Gasteiger partial charge in [0.15, 0.2) is 4.90 Å². The lowest BCUT2D eigenvalue weighted by Gasteiger charge is -2.23. The van der Waals surface area contributed by atoms with Crippen molar-refractivity contribution in [3.05, 3.63) is 130 Å². The van der Waals surface area contributed by atoms with Crippen molar-refractivity contribution in [2.24, 2.45) is 0 Å². The van der Waals surface area contributed by atoms with Crippen LogP contribution in [-0.4, -0.2) is 26.8 Å². The Balaban J connectivity index is 1.40. The molecule has 0 saturated carbocycles. The minimum absolute atomic E-state index is 0.0592.